The maximum atomic E-state index is 11.7. The van der Waals surface area contributed by atoms with Crippen molar-refractivity contribution in [2.75, 3.05) is 66.0 Å². The smallest absolute Gasteiger partial charge is 0.308 e. The summed E-state index contributed by atoms with van der Waals surface area (Å²) in [5.41, 5.74) is 1.40. The number of guanidine groups is 1. The van der Waals surface area contributed by atoms with E-state index in [1.807, 2.05) is 0 Å². The van der Waals surface area contributed by atoms with Crippen molar-refractivity contribution in [2.24, 2.45) is 10.9 Å². The molecule has 0 unspecified atom stereocenters. The highest BCUT2D eigenvalue weighted by Crippen LogP contribution is 2.18. The summed E-state index contributed by atoms with van der Waals surface area (Å²) in [6.07, 6.45) is 2.75. The van der Waals surface area contributed by atoms with Crippen LogP contribution in [0.4, 0.5) is 0 Å². The molecule has 0 spiro atoms. The molecule has 2 saturated heterocycles. The van der Waals surface area contributed by atoms with E-state index in [4.69, 9.17) is 9.73 Å². The SMILES string of the molecule is CCNC(=NCCCN1CCN(Cc2ccccc2)CC1)N1CCC(C(=O)OC)CC1. The number of rotatable bonds is 8. The van der Waals surface area contributed by atoms with Crippen LogP contribution in [0.3, 0.4) is 0 Å². The minimum atomic E-state index is -0.0783. The molecule has 0 aliphatic carbocycles. The first-order valence-corrected chi connectivity index (χ1v) is 11.8. The van der Waals surface area contributed by atoms with Crippen molar-refractivity contribution in [2.45, 2.75) is 32.7 Å². The molecular formula is C24H39N5O2. The summed E-state index contributed by atoms with van der Waals surface area (Å²) >= 11 is 0. The predicted molar refractivity (Wildman–Crippen MR) is 125 cm³/mol. The van der Waals surface area contributed by atoms with Crippen molar-refractivity contribution in [3.8, 4) is 0 Å². The van der Waals surface area contributed by atoms with Crippen molar-refractivity contribution in [1.29, 1.82) is 0 Å². The van der Waals surface area contributed by atoms with E-state index in [0.29, 0.717) is 0 Å². The Morgan fingerprint density at radius 3 is 2.39 bits per heavy atom. The fraction of sp³-hybridized carbons (Fsp3) is 0.667. The Balaban J connectivity index is 1.35. The number of ether oxygens (including phenoxy) is 1. The third-order valence-corrected chi connectivity index (χ3v) is 6.27. The quantitative estimate of drug-likeness (QED) is 0.295. The van der Waals surface area contributed by atoms with Crippen LogP contribution in [0.25, 0.3) is 0 Å². The summed E-state index contributed by atoms with van der Waals surface area (Å²) < 4.78 is 4.90. The normalized spacial score (nSPS) is 19.4. The highest BCUT2D eigenvalue weighted by molar-refractivity contribution is 5.80. The third kappa shape index (κ3) is 7.51. The zero-order valence-corrected chi connectivity index (χ0v) is 19.3. The standard InChI is InChI=1S/C24H39N5O2/c1-3-25-24(29-14-10-22(11-15-29)23(30)31-2)26-12-7-13-27-16-18-28(19-17-27)20-21-8-5-4-6-9-21/h4-6,8-9,22H,3,7,10-20H2,1-2H3,(H,25,26). The number of esters is 1. The van der Waals surface area contributed by atoms with Crippen molar-refractivity contribution in [3.63, 3.8) is 0 Å². The van der Waals surface area contributed by atoms with Crippen molar-refractivity contribution in [3.05, 3.63) is 35.9 Å². The molecule has 2 fully saturated rings. The summed E-state index contributed by atoms with van der Waals surface area (Å²) in [5, 5.41) is 3.42. The molecule has 2 aliphatic rings. The maximum Gasteiger partial charge on any atom is 0.308 e. The van der Waals surface area contributed by atoms with E-state index in [1.165, 1.54) is 12.7 Å². The fourth-order valence-electron chi connectivity index (χ4n) is 4.41. The number of carbonyl (C=O) groups excluding carboxylic acids is 1. The summed E-state index contributed by atoms with van der Waals surface area (Å²) in [4.78, 5) is 24.0. The van der Waals surface area contributed by atoms with E-state index in [9.17, 15) is 4.79 Å². The van der Waals surface area contributed by atoms with Gasteiger partial charge in [0.15, 0.2) is 5.96 Å². The molecule has 2 heterocycles. The highest BCUT2D eigenvalue weighted by atomic mass is 16.5. The molecule has 31 heavy (non-hydrogen) atoms. The lowest BCUT2D eigenvalue weighted by atomic mass is 9.97. The van der Waals surface area contributed by atoms with E-state index in [1.54, 1.807) is 0 Å². The summed E-state index contributed by atoms with van der Waals surface area (Å²) in [5.74, 6) is 0.939. The van der Waals surface area contributed by atoms with Gasteiger partial charge >= 0.3 is 5.97 Å². The zero-order chi connectivity index (χ0) is 21.9. The Morgan fingerprint density at radius 1 is 1.06 bits per heavy atom. The van der Waals surface area contributed by atoms with Crippen LogP contribution < -0.4 is 5.32 Å². The molecule has 0 aromatic heterocycles. The Hall–Kier alpha value is -2.12. The van der Waals surface area contributed by atoms with Crippen LogP contribution in [0.5, 0.6) is 0 Å². The van der Waals surface area contributed by atoms with Gasteiger partial charge in [-0.25, -0.2) is 0 Å². The van der Waals surface area contributed by atoms with Crippen LogP contribution in [-0.2, 0) is 16.1 Å². The second kappa shape index (κ2) is 12.7. The van der Waals surface area contributed by atoms with E-state index in [0.717, 1.165) is 90.7 Å². The number of piperidine rings is 1. The number of hydrogen-bond donors (Lipinski definition) is 1. The minimum Gasteiger partial charge on any atom is -0.469 e. The van der Waals surface area contributed by atoms with Gasteiger partial charge in [-0.2, -0.15) is 0 Å². The van der Waals surface area contributed by atoms with Gasteiger partial charge in [0, 0.05) is 65.4 Å². The third-order valence-electron chi connectivity index (χ3n) is 6.27. The largest absolute Gasteiger partial charge is 0.469 e. The molecule has 3 rings (SSSR count). The van der Waals surface area contributed by atoms with Crippen LogP contribution >= 0.6 is 0 Å². The molecule has 7 nitrogen and oxygen atoms in total. The van der Waals surface area contributed by atoms with Crippen molar-refractivity contribution in [1.82, 2.24) is 20.0 Å². The minimum absolute atomic E-state index is 0.0321. The van der Waals surface area contributed by atoms with Gasteiger partial charge in [0.1, 0.15) is 0 Å². The first-order valence-electron chi connectivity index (χ1n) is 11.8. The van der Waals surface area contributed by atoms with Gasteiger partial charge in [-0.3, -0.25) is 14.7 Å². The lowest BCUT2D eigenvalue weighted by molar-refractivity contribution is -0.146. The second-order valence-corrected chi connectivity index (χ2v) is 8.48. The molecule has 7 heteroatoms. The molecule has 0 radical (unpaired) electrons. The van der Waals surface area contributed by atoms with Gasteiger partial charge in [-0.05, 0) is 31.7 Å². The lowest BCUT2D eigenvalue weighted by Crippen LogP contribution is -2.47. The van der Waals surface area contributed by atoms with Gasteiger partial charge < -0.3 is 19.9 Å². The summed E-state index contributed by atoms with van der Waals surface area (Å²) in [6, 6.07) is 10.7. The number of hydrogen-bond acceptors (Lipinski definition) is 5. The van der Waals surface area contributed by atoms with Crippen LogP contribution in [0.15, 0.2) is 35.3 Å². The molecule has 0 amide bonds. The second-order valence-electron chi connectivity index (χ2n) is 8.48. The molecule has 1 N–H and O–H groups in total. The van der Waals surface area contributed by atoms with Crippen LogP contribution in [0.2, 0.25) is 0 Å². The molecule has 2 aliphatic heterocycles. The first-order chi connectivity index (χ1) is 15.2. The van der Waals surface area contributed by atoms with Crippen LogP contribution in [-0.4, -0.2) is 92.6 Å². The number of aliphatic imine (C=N–C) groups is 1. The topological polar surface area (TPSA) is 60.4 Å². The maximum absolute atomic E-state index is 11.7. The highest BCUT2D eigenvalue weighted by Gasteiger charge is 2.27. The molecule has 0 bridgehead atoms. The Kier molecular flexibility index (Phi) is 9.62. The number of piperazine rings is 1. The average molecular weight is 430 g/mol. The molecule has 1 aromatic rings. The fourth-order valence-corrected chi connectivity index (χ4v) is 4.41. The van der Waals surface area contributed by atoms with Gasteiger partial charge in [0.2, 0.25) is 0 Å². The Morgan fingerprint density at radius 2 is 1.74 bits per heavy atom. The van der Waals surface area contributed by atoms with E-state index >= 15 is 0 Å². The van der Waals surface area contributed by atoms with Crippen LogP contribution in [0, 0.1) is 5.92 Å². The Bertz CT molecular complexity index is 680. The van der Waals surface area contributed by atoms with Gasteiger partial charge in [-0.15, -0.1) is 0 Å². The average Bonchev–Trinajstić information content (AvgIpc) is 2.82. The molecule has 0 saturated carbocycles. The molecule has 172 valence electrons. The number of benzene rings is 1. The van der Waals surface area contributed by atoms with Gasteiger partial charge in [0.05, 0.1) is 13.0 Å². The van der Waals surface area contributed by atoms with Gasteiger partial charge in [-0.1, -0.05) is 30.3 Å². The number of methoxy groups -OCH3 is 1. The summed E-state index contributed by atoms with van der Waals surface area (Å²) in [6.45, 7) is 12.2. The van der Waals surface area contributed by atoms with Crippen LogP contribution in [0.1, 0.15) is 31.7 Å². The first kappa shape index (κ1) is 23.5. The monoisotopic (exact) mass is 429 g/mol. The molecule has 1 aromatic carbocycles. The van der Waals surface area contributed by atoms with E-state index < -0.39 is 0 Å². The summed E-state index contributed by atoms with van der Waals surface area (Å²) in [7, 11) is 1.48. The lowest BCUT2D eigenvalue weighted by Gasteiger charge is -2.35. The zero-order valence-electron chi connectivity index (χ0n) is 19.3. The number of likely N-dealkylation sites (tertiary alicyclic amines) is 1. The predicted octanol–water partition coefficient (Wildman–Crippen LogP) is 2.04. The van der Waals surface area contributed by atoms with E-state index in [2.05, 4.69) is 57.3 Å². The van der Waals surface area contributed by atoms with Gasteiger partial charge in [0.25, 0.3) is 0 Å². The number of carbonyl (C=O) groups is 1. The number of nitrogens with one attached hydrogen (secondary N) is 1. The molecule has 0 atom stereocenters. The molecular weight excluding hydrogens is 390 g/mol. The van der Waals surface area contributed by atoms with Crippen molar-refractivity contribution >= 4 is 11.9 Å². The Labute approximate surface area is 187 Å². The van der Waals surface area contributed by atoms with Crippen molar-refractivity contribution < 1.29 is 9.53 Å². The van der Waals surface area contributed by atoms with E-state index in [-0.39, 0.29) is 11.9 Å². The number of nitrogens with zero attached hydrogens (tertiary/aromatic N) is 4.